The maximum Gasteiger partial charge on any atom is 0.236 e. The topological polar surface area (TPSA) is 57.6 Å². The van der Waals surface area contributed by atoms with Crippen molar-refractivity contribution in [3.63, 3.8) is 0 Å². The number of hydrogen-bond donors (Lipinski definition) is 1. The van der Waals surface area contributed by atoms with E-state index in [0.717, 1.165) is 12.8 Å². The fourth-order valence-electron chi connectivity index (χ4n) is 1.75. The third kappa shape index (κ3) is 3.17. The number of hydrogen-bond acceptors (Lipinski definition) is 3. The molecule has 0 bridgehead atoms. The second-order valence-corrected chi connectivity index (χ2v) is 3.99. The molecule has 0 saturated carbocycles. The van der Waals surface area contributed by atoms with Crippen LogP contribution in [0.5, 0.6) is 0 Å². The molecule has 1 aliphatic heterocycles. The van der Waals surface area contributed by atoms with E-state index in [0.29, 0.717) is 13.0 Å². The van der Waals surface area contributed by atoms with Gasteiger partial charge in [-0.2, -0.15) is 0 Å². The van der Waals surface area contributed by atoms with Gasteiger partial charge >= 0.3 is 0 Å². The molecule has 1 rings (SSSR count). The van der Waals surface area contributed by atoms with Crippen molar-refractivity contribution >= 4 is 11.8 Å². The Hall–Kier alpha value is -1.16. The van der Waals surface area contributed by atoms with E-state index in [1.54, 1.807) is 0 Å². The summed E-state index contributed by atoms with van der Waals surface area (Å²) in [7, 11) is 0. The maximum absolute atomic E-state index is 11.8. The van der Waals surface area contributed by atoms with Crippen LogP contribution in [0.4, 0.5) is 0 Å². The summed E-state index contributed by atoms with van der Waals surface area (Å²) in [5.74, 6) is -0.520. The van der Waals surface area contributed by atoms with E-state index in [-0.39, 0.29) is 30.8 Å². The number of nitrogens with zero attached hydrogens (tertiary/aromatic N) is 1. The number of imide groups is 1. The Kier molecular flexibility index (Phi) is 5.19. The zero-order valence-corrected chi connectivity index (χ0v) is 9.69. The highest BCUT2D eigenvalue weighted by Crippen LogP contribution is 2.21. The van der Waals surface area contributed by atoms with Gasteiger partial charge in [-0.05, 0) is 12.8 Å². The molecule has 1 fully saturated rings. The summed E-state index contributed by atoms with van der Waals surface area (Å²) in [6.07, 6.45) is 6.52. The number of allylic oxidation sites excluding steroid dienone is 1. The zero-order chi connectivity index (χ0) is 12.0. The smallest absolute Gasteiger partial charge is 0.236 e. The second kappa shape index (κ2) is 6.43. The molecule has 1 atom stereocenters. The molecular formula is C12H19NO3. The molecule has 0 spiro atoms. The molecule has 1 unspecified atom stereocenters. The van der Waals surface area contributed by atoms with Crippen molar-refractivity contribution in [2.75, 3.05) is 13.2 Å². The van der Waals surface area contributed by atoms with Gasteiger partial charge in [-0.25, -0.2) is 0 Å². The van der Waals surface area contributed by atoms with Gasteiger partial charge in [-0.1, -0.05) is 25.5 Å². The number of amides is 2. The number of carbonyl (C=O) groups is 2. The minimum Gasteiger partial charge on any atom is -0.396 e. The number of rotatable bonds is 6. The van der Waals surface area contributed by atoms with Gasteiger partial charge in [0, 0.05) is 19.6 Å². The first-order chi connectivity index (χ1) is 7.70. The number of likely N-dealkylation sites (tertiary alicyclic amines) is 1. The van der Waals surface area contributed by atoms with Crippen LogP contribution >= 0.6 is 0 Å². The molecule has 1 saturated heterocycles. The molecule has 1 N–H and O–H groups in total. The van der Waals surface area contributed by atoms with Crippen molar-refractivity contribution in [3.8, 4) is 0 Å². The minimum atomic E-state index is -0.280. The lowest BCUT2D eigenvalue weighted by Crippen LogP contribution is -2.31. The maximum atomic E-state index is 11.8. The Morgan fingerprint density at radius 2 is 2.25 bits per heavy atom. The Labute approximate surface area is 95.9 Å². The van der Waals surface area contributed by atoms with Crippen LogP contribution in [0, 0.1) is 5.92 Å². The van der Waals surface area contributed by atoms with Crippen LogP contribution < -0.4 is 0 Å². The first-order valence-electron chi connectivity index (χ1n) is 5.82. The normalized spacial score (nSPS) is 21.4. The zero-order valence-electron chi connectivity index (χ0n) is 9.69. The third-order valence-electron chi connectivity index (χ3n) is 2.64. The Balaban J connectivity index is 2.52. The standard InChI is InChI=1S/C12H19NO3/c1-2-3-4-6-10-9-11(15)13(12(10)16)7-5-8-14/h4,6,10,14H,2-3,5,7-9H2,1H3. The fourth-order valence-corrected chi connectivity index (χ4v) is 1.75. The van der Waals surface area contributed by atoms with Crippen molar-refractivity contribution in [1.29, 1.82) is 0 Å². The van der Waals surface area contributed by atoms with Gasteiger partial charge in [0.25, 0.3) is 0 Å². The highest BCUT2D eigenvalue weighted by atomic mass is 16.3. The summed E-state index contributed by atoms with van der Waals surface area (Å²) in [6, 6.07) is 0. The summed E-state index contributed by atoms with van der Waals surface area (Å²) < 4.78 is 0. The van der Waals surface area contributed by atoms with Crippen molar-refractivity contribution in [2.45, 2.75) is 32.6 Å². The molecule has 1 aliphatic rings. The Bertz CT molecular complexity index is 286. The molecule has 0 aliphatic carbocycles. The SMILES string of the molecule is CCCC=CC1CC(=O)N(CCCO)C1=O. The molecule has 2 amide bonds. The van der Waals surface area contributed by atoms with Crippen LogP contribution in [0.3, 0.4) is 0 Å². The van der Waals surface area contributed by atoms with Crippen molar-refractivity contribution in [3.05, 3.63) is 12.2 Å². The predicted molar refractivity (Wildman–Crippen MR) is 60.6 cm³/mol. The summed E-state index contributed by atoms with van der Waals surface area (Å²) in [5.41, 5.74) is 0. The second-order valence-electron chi connectivity index (χ2n) is 3.99. The van der Waals surface area contributed by atoms with Crippen LogP contribution in [0.25, 0.3) is 0 Å². The van der Waals surface area contributed by atoms with Crippen LogP contribution in [-0.4, -0.2) is 35.0 Å². The van der Waals surface area contributed by atoms with Crippen LogP contribution in [-0.2, 0) is 9.59 Å². The van der Waals surface area contributed by atoms with E-state index >= 15 is 0 Å². The van der Waals surface area contributed by atoms with Gasteiger partial charge in [-0.3, -0.25) is 14.5 Å². The lowest BCUT2D eigenvalue weighted by molar-refractivity contribution is -0.139. The number of unbranched alkanes of at least 4 members (excludes halogenated alkanes) is 1. The number of carbonyl (C=O) groups excluding carboxylic acids is 2. The van der Waals surface area contributed by atoms with Gasteiger partial charge in [-0.15, -0.1) is 0 Å². The van der Waals surface area contributed by atoms with E-state index in [2.05, 4.69) is 6.92 Å². The van der Waals surface area contributed by atoms with E-state index in [1.165, 1.54) is 4.90 Å². The third-order valence-corrected chi connectivity index (χ3v) is 2.64. The molecule has 0 aromatic carbocycles. The average molecular weight is 225 g/mol. The molecule has 0 aromatic heterocycles. The first-order valence-corrected chi connectivity index (χ1v) is 5.82. The van der Waals surface area contributed by atoms with Crippen molar-refractivity contribution < 1.29 is 14.7 Å². The van der Waals surface area contributed by atoms with E-state index in [9.17, 15) is 9.59 Å². The predicted octanol–water partition coefficient (Wildman–Crippen LogP) is 1.10. The average Bonchev–Trinajstić information content (AvgIpc) is 2.53. The number of aliphatic hydroxyl groups excluding tert-OH is 1. The fraction of sp³-hybridized carbons (Fsp3) is 0.667. The largest absolute Gasteiger partial charge is 0.396 e. The first kappa shape index (κ1) is 12.9. The molecule has 1 heterocycles. The monoisotopic (exact) mass is 225 g/mol. The number of aliphatic hydroxyl groups is 1. The highest BCUT2D eigenvalue weighted by Gasteiger charge is 2.36. The summed E-state index contributed by atoms with van der Waals surface area (Å²) in [5, 5.41) is 8.68. The summed E-state index contributed by atoms with van der Waals surface area (Å²) >= 11 is 0. The quantitative estimate of drug-likeness (QED) is 0.544. The van der Waals surface area contributed by atoms with Crippen molar-refractivity contribution in [1.82, 2.24) is 4.90 Å². The molecule has 0 radical (unpaired) electrons. The molecule has 4 nitrogen and oxygen atoms in total. The molecule has 16 heavy (non-hydrogen) atoms. The Morgan fingerprint density at radius 3 is 2.88 bits per heavy atom. The van der Waals surface area contributed by atoms with Gasteiger partial charge < -0.3 is 5.11 Å². The highest BCUT2D eigenvalue weighted by molar-refractivity contribution is 6.04. The summed E-state index contributed by atoms with van der Waals surface area (Å²) in [4.78, 5) is 24.6. The lowest BCUT2D eigenvalue weighted by atomic mass is 10.1. The van der Waals surface area contributed by atoms with Crippen LogP contribution in [0.1, 0.15) is 32.6 Å². The van der Waals surface area contributed by atoms with Crippen molar-refractivity contribution in [2.24, 2.45) is 5.92 Å². The van der Waals surface area contributed by atoms with E-state index < -0.39 is 0 Å². The lowest BCUT2D eigenvalue weighted by Gasteiger charge is -2.12. The van der Waals surface area contributed by atoms with Gasteiger partial charge in [0.1, 0.15) is 0 Å². The van der Waals surface area contributed by atoms with Crippen LogP contribution in [0.2, 0.25) is 0 Å². The Morgan fingerprint density at radius 1 is 1.50 bits per heavy atom. The minimum absolute atomic E-state index is 0.00734. The van der Waals surface area contributed by atoms with Gasteiger partial charge in [0.15, 0.2) is 0 Å². The molecule has 90 valence electrons. The summed E-state index contributed by atoms with van der Waals surface area (Å²) in [6.45, 7) is 2.42. The van der Waals surface area contributed by atoms with Gasteiger partial charge in [0.2, 0.25) is 11.8 Å². The molecular weight excluding hydrogens is 206 g/mol. The van der Waals surface area contributed by atoms with Gasteiger partial charge in [0.05, 0.1) is 5.92 Å². The van der Waals surface area contributed by atoms with Crippen LogP contribution in [0.15, 0.2) is 12.2 Å². The molecule has 4 heteroatoms. The van der Waals surface area contributed by atoms with E-state index in [4.69, 9.17) is 5.11 Å². The molecule has 0 aromatic rings. The van der Waals surface area contributed by atoms with E-state index in [1.807, 2.05) is 12.2 Å².